The van der Waals surface area contributed by atoms with Crippen LogP contribution in [0.2, 0.25) is 0 Å². The molecule has 13 N–H and O–H groups in total. The van der Waals surface area contributed by atoms with Crippen molar-refractivity contribution in [2.75, 3.05) is 6.61 Å². The van der Waals surface area contributed by atoms with Gasteiger partial charge in [0.25, 0.3) is 0 Å². The molecule has 302 valence electrons. The fraction of sp³-hybridized carbons (Fsp3) is 0.389. The first-order valence-corrected chi connectivity index (χ1v) is 17.3. The van der Waals surface area contributed by atoms with Gasteiger partial charge in [-0.1, -0.05) is 44.2 Å². The third-order valence-corrected chi connectivity index (χ3v) is 8.58. The normalized spacial score (nSPS) is 14.3. The number of carboxylic acids is 3. The van der Waals surface area contributed by atoms with Crippen molar-refractivity contribution in [3.63, 3.8) is 0 Å². The summed E-state index contributed by atoms with van der Waals surface area (Å²) in [6.45, 7) is 2.27. The third-order valence-electron chi connectivity index (χ3n) is 8.58. The van der Waals surface area contributed by atoms with E-state index < -0.39 is 103 Å². The van der Waals surface area contributed by atoms with Crippen LogP contribution in [-0.4, -0.2) is 121 Å². The molecule has 6 atom stereocenters. The Morgan fingerprint density at radius 3 is 1.64 bits per heavy atom. The first-order valence-electron chi connectivity index (χ1n) is 17.3. The second-order valence-electron chi connectivity index (χ2n) is 13.2. The predicted octanol–water partition coefficient (Wildman–Crippen LogP) is -1.91. The Morgan fingerprint density at radius 2 is 1.12 bits per heavy atom. The van der Waals surface area contributed by atoms with Crippen LogP contribution in [0.4, 0.5) is 0 Å². The van der Waals surface area contributed by atoms with Crippen LogP contribution in [0, 0.1) is 5.92 Å². The van der Waals surface area contributed by atoms with Gasteiger partial charge in [0.15, 0.2) is 0 Å². The Morgan fingerprint density at radius 1 is 0.643 bits per heavy atom. The van der Waals surface area contributed by atoms with E-state index in [1.807, 2.05) is 0 Å². The van der Waals surface area contributed by atoms with Crippen molar-refractivity contribution >= 4 is 58.3 Å². The van der Waals surface area contributed by atoms with Gasteiger partial charge < -0.3 is 62.8 Å². The first-order chi connectivity index (χ1) is 26.4. The van der Waals surface area contributed by atoms with Gasteiger partial charge in [0.05, 0.1) is 25.5 Å². The molecule has 0 aliphatic carbocycles. The number of carbonyl (C=O) groups is 8. The molecule has 0 aliphatic heterocycles. The number of carbonyl (C=O) groups excluding carboxylic acids is 5. The predicted molar refractivity (Wildman–Crippen MR) is 196 cm³/mol. The maximum atomic E-state index is 13.8. The summed E-state index contributed by atoms with van der Waals surface area (Å²) in [5.74, 6) is -10.7. The molecule has 0 saturated heterocycles. The Labute approximate surface area is 319 Å². The molecule has 0 fully saturated rings. The lowest BCUT2D eigenvalue weighted by molar-refractivity contribution is -0.144. The number of phenolic OH excluding ortho intramolecular Hbond substituents is 1. The van der Waals surface area contributed by atoms with Crippen molar-refractivity contribution in [2.24, 2.45) is 11.7 Å². The topological polar surface area (TPSA) is 340 Å². The number of hydrogen-bond acceptors (Lipinski definition) is 11. The van der Waals surface area contributed by atoms with E-state index in [1.54, 1.807) is 44.3 Å². The van der Waals surface area contributed by atoms with Crippen molar-refractivity contribution in [1.29, 1.82) is 0 Å². The van der Waals surface area contributed by atoms with Gasteiger partial charge in [0.2, 0.25) is 29.5 Å². The molecular formula is C36H45N7O13. The van der Waals surface area contributed by atoms with Crippen LogP contribution in [0.15, 0.2) is 54.7 Å². The number of aromatic amines is 1. The van der Waals surface area contributed by atoms with E-state index in [4.69, 9.17) is 5.73 Å². The van der Waals surface area contributed by atoms with Crippen LogP contribution in [0.5, 0.6) is 5.75 Å². The minimum absolute atomic E-state index is 0.0732. The summed E-state index contributed by atoms with van der Waals surface area (Å²) in [7, 11) is 0. The Kier molecular flexibility index (Phi) is 15.8. The fourth-order valence-electron chi connectivity index (χ4n) is 5.42. The minimum Gasteiger partial charge on any atom is -0.508 e. The molecule has 0 saturated carbocycles. The molecule has 20 heteroatoms. The van der Waals surface area contributed by atoms with Crippen molar-refractivity contribution in [2.45, 2.75) is 75.8 Å². The van der Waals surface area contributed by atoms with Gasteiger partial charge in [-0.25, -0.2) is 4.79 Å². The van der Waals surface area contributed by atoms with Crippen LogP contribution >= 0.6 is 0 Å². The number of aromatic nitrogens is 1. The van der Waals surface area contributed by atoms with Gasteiger partial charge in [0.1, 0.15) is 36.0 Å². The van der Waals surface area contributed by atoms with E-state index >= 15 is 0 Å². The lowest BCUT2D eigenvalue weighted by Gasteiger charge is -2.26. The van der Waals surface area contributed by atoms with Gasteiger partial charge in [-0.2, -0.15) is 0 Å². The van der Waals surface area contributed by atoms with Gasteiger partial charge in [0, 0.05) is 29.9 Å². The van der Waals surface area contributed by atoms with Gasteiger partial charge >= 0.3 is 17.9 Å². The molecule has 20 nitrogen and oxygen atoms in total. The van der Waals surface area contributed by atoms with Crippen LogP contribution in [-0.2, 0) is 51.2 Å². The van der Waals surface area contributed by atoms with Gasteiger partial charge in [-0.05, 0) is 35.2 Å². The number of nitrogens with one attached hydrogen (secondary N) is 6. The molecule has 1 heterocycles. The van der Waals surface area contributed by atoms with Crippen LogP contribution in [0.3, 0.4) is 0 Å². The number of carboxylic acid groups (broad SMARTS) is 3. The number of rotatable bonds is 21. The molecule has 0 aliphatic rings. The third kappa shape index (κ3) is 12.8. The zero-order valence-corrected chi connectivity index (χ0v) is 30.4. The minimum atomic E-state index is -1.98. The van der Waals surface area contributed by atoms with Crippen LogP contribution < -0.4 is 32.3 Å². The molecule has 3 aromatic rings. The largest absolute Gasteiger partial charge is 0.508 e. The fourth-order valence-corrected chi connectivity index (χ4v) is 5.42. The zero-order chi connectivity index (χ0) is 41.7. The van der Waals surface area contributed by atoms with E-state index in [2.05, 4.69) is 31.6 Å². The molecule has 3 rings (SSSR count). The van der Waals surface area contributed by atoms with Crippen LogP contribution in [0.25, 0.3) is 10.9 Å². The van der Waals surface area contributed by atoms with Gasteiger partial charge in [-0.15, -0.1) is 0 Å². The SMILES string of the molecule is CC(C)[C@H](N)C(=O)N[C@@H](CO)C(=O)N[C@@H](CC(=O)O)C(=O)N[C@@H](CC(=O)O)C(=O)N[C@@H](Cc1c[nH]c2ccccc12)C(=O)N[C@@H](Cc1ccc(O)cc1)C(=O)O. The summed E-state index contributed by atoms with van der Waals surface area (Å²) < 4.78 is 0. The quantitative estimate of drug-likeness (QED) is 0.0561. The highest BCUT2D eigenvalue weighted by atomic mass is 16.4. The number of fused-ring (bicyclic) bond motifs is 1. The first kappa shape index (κ1) is 43.9. The van der Waals surface area contributed by atoms with E-state index in [1.165, 1.54) is 24.3 Å². The van der Waals surface area contributed by atoms with Crippen molar-refractivity contribution in [3.05, 3.63) is 65.9 Å². The number of H-pyrrole nitrogens is 1. The molecule has 1 aromatic heterocycles. The number of aliphatic carboxylic acids is 3. The number of phenols is 1. The van der Waals surface area contributed by atoms with E-state index in [0.717, 1.165) is 0 Å². The number of aliphatic hydroxyl groups is 1. The van der Waals surface area contributed by atoms with Crippen molar-refractivity contribution in [3.8, 4) is 5.75 Å². The Hall–Kier alpha value is -6.54. The summed E-state index contributed by atoms with van der Waals surface area (Å²) in [6, 6.07) is 2.67. The number of benzene rings is 2. The van der Waals surface area contributed by atoms with Crippen LogP contribution in [0.1, 0.15) is 37.8 Å². The summed E-state index contributed by atoms with van der Waals surface area (Å²) in [5, 5.41) is 60.1. The highest BCUT2D eigenvalue weighted by Gasteiger charge is 2.35. The van der Waals surface area contributed by atoms with Crippen molar-refractivity contribution in [1.82, 2.24) is 31.6 Å². The number of aromatic hydroxyl groups is 1. The number of para-hydroxylation sites is 1. The molecule has 0 unspecified atom stereocenters. The number of nitrogens with two attached hydrogens (primary N) is 1. The summed E-state index contributed by atoms with van der Waals surface area (Å²) in [6.07, 6.45) is -1.10. The molecule has 2 aromatic carbocycles. The second-order valence-corrected chi connectivity index (χ2v) is 13.2. The molecule has 0 spiro atoms. The summed E-state index contributed by atoms with van der Waals surface area (Å²) in [5.41, 5.74) is 7.37. The molecule has 5 amide bonds. The Bertz CT molecular complexity index is 1910. The van der Waals surface area contributed by atoms with E-state index in [-0.39, 0.29) is 24.5 Å². The molecule has 56 heavy (non-hydrogen) atoms. The highest BCUT2D eigenvalue weighted by Crippen LogP contribution is 2.20. The smallest absolute Gasteiger partial charge is 0.326 e. The lowest BCUT2D eigenvalue weighted by atomic mass is 10.0. The standard InChI is InChI=1S/C36H45N7O13/c1-17(2)30(37)35(54)43-27(16-44)34(53)41-25(14-29(48)49)33(52)40-24(13-28(46)47)32(51)39-23(12-19-15-38-22-6-4-3-5-21(19)22)31(50)42-26(36(55)56)11-18-7-9-20(45)10-8-18/h3-10,15,17,23-27,30,38,44-45H,11-14,16,37H2,1-2H3,(H,39,51)(H,40,52)(H,41,53)(H,42,50)(H,43,54)(H,46,47)(H,48,49)(H,55,56)/t23-,24-,25-,26-,27-,30-/m0/s1. The highest BCUT2D eigenvalue weighted by molar-refractivity contribution is 5.98. The molecular weight excluding hydrogens is 738 g/mol. The maximum Gasteiger partial charge on any atom is 0.326 e. The van der Waals surface area contributed by atoms with E-state index in [0.29, 0.717) is 22.0 Å². The number of aliphatic hydroxyl groups excluding tert-OH is 1. The zero-order valence-electron chi connectivity index (χ0n) is 30.4. The van der Waals surface area contributed by atoms with E-state index in [9.17, 15) is 63.9 Å². The van der Waals surface area contributed by atoms with Gasteiger partial charge in [-0.3, -0.25) is 33.6 Å². The average molecular weight is 784 g/mol. The second kappa shape index (κ2) is 20.2. The maximum absolute atomic E-state index is 13.8. The number of hydrogen-bond donors (Lipinski definition) is 12. The number of amides is 5. The summed E-state index contributed by atoms with van der Waals surface area (Å²) >= 11 is 0. The Balaban J connectivity index is 1.88. The molecule has 0 radical (unpaired) electrons. The monoisotopic (exact) mass is 783 g/mol. The molecule has 0 bridgehead atoms. The van der Waals surface area contributed by atoms with Crippen molar-refractivity contribution < 1.29 is 63.9 Å². The average Bonchev–Trinajstić information content (AvgIpc) is 3.54. The summed E-state index contributed by atoms with van der Waals surface area (Å²) in [4.78, 5) is 105. The lowest BCUT2D eigenvalue weighted by Crippen LogP contribution is -2.60.